The summed E-state index contributed by atoms with van der Waals surface area (Å²) in [7, 11) is 0. The van der Waals surface area contributed by atoms with E-state index in [2.05, 4.69) is 37.8 Å². The van der Waals surface area contributed by atoms with Gasteiger partial charge in [0.25, 0.3) is 5.91 Å². The van der Waals surface area contributed by atoms with E-state index in [-0.39, 0.29) is 24.5 Å². The molecule has 0 aliphatic carbocycles. The highest BCUT2D eigenvalue weighted by molar-refractivity contribution is 5.94. The van der Waals surface area contributed by atoms with Crippen molar-refractivity contribution in [3.8, 4) is 11.8 Å². The minimum Gasteiger partial charge on any atom is -0.384 e. The molecule has 102 valence electrons. The lowest BCUT2D eigenvalue weighted by Gasteiger charge is -2.04. The summed E-state index contributed by atoms with van der Waals surface area (Å²) in [5.41, 5.74) is 0.295. The van der Waals surface area contributed by atoms with E-state index in [1.165, 1.54) is 12.1 Å². The smallest absolute Gasteiger partial charge is 0.254 e. The Morgan fingerprint density at radius 1 is 1.50 bits per heavy atom. The molecule has 0 radical (unpaired) electrons. The van der Waals surface area contributed by atoms with E-state index < -0.39 is 11.7 Å². The summed E-state index contributed by atoms with van der Waals surface area (Å²) in [6.07, 6.45) is 0. The Bertz CT molecular complexity index is 660. The van der Waals surface area contributed by atoms with Gasteiger partial charge in [0.05, 0.1) is 12.1 Å². The number of aliphatic hydroxyl groups is 1. The van der Waals surface area contributed by atoms with Crippen LogP contribution >= 0.6 is 0 Å². The van der Waals surface area contributed by atoms with Crippen LogP contribution in [0.5, 0.6) is 0 Å². The van der Waals surface area contributed by atoms with Crippen molar-refractivity contribution in [2.24, 2.45) is 0 Å². The number of halogens is 1. The highest BCUT2D eigenvalue weighted by Gasteiger charge is 2.12. The van der Waals surface area contributed by atoms with Crippen molar-refractivity contribution in [2.45, 2.75) is 6.54 Å². The Morgan fingerprint density at radius 2 is 2.35 bits per heavy atom. The molecule has 0 unspecified atom stereocenters. The van der Waals surface area contributed by atoms with E-state index in [0.717, 1.165) is 6.07 Å². The minimum atomic E-state index is -0.662. The van der Waals surface area contributed by atoms with Gasteiger partial charge in [-0.3, -0.25) is 4.79 Å². The average Bonchev–Trinajstić information content (AvgIpc) is 2.97. The van der Waals surface area contributed by atoms with Crippen LogP contribution in [0.1, 0.15) is 21.7 Å². The maximum Gasteiger partial charge on any atom is 0.254 e. The van der Waals surface area contributed by atoms with Gasteiger partial charge < -0.3 is 10.4 Å². The summed E-state index contributed by atoms with van der Waals surface area (Å²) in [6, 6.07) is 3.88. The zero-order chi connectivity index (χ0) is 14.4. The number of benzene rings is 1. The zero-order valence-corrected chi connectivity index (χ0v) is 10.2. The number of tetrazole rings is 1. The zero-order valence-electron chi connectivity index (χ0n) is 10.2. The van der Waals surface area contributed by atoms with Crippen molar-refractivity contribution < 1.29 is 14.3 Å². The number of amides is 1. The molecular weight excluding hydrogens is 265 g/mol. The number of carbonyl (C=O) groups is 1. The Morgan fingerprint density at radius 3 is 3.05 bits per heavy atom. The summed E-state index contributed by atoms with van der Waals surface area (Å²) in [5, 5.41) is 24.0. The maximum atomic E-state index is 13.6. The average molecular weight is 275 g/mol. The molecule has 3 N–H and O–H groups in total. The number of H-pyrrole nitrogens is 1. The monoisotopic (exact) mass is 275 g/mol. The molecule has 1 aromatic heterocycles. The molecule has 1 heterocycles. The second-order valence-electron chi connectivity index (χ2n) is 3.67. The molecule has 1 amide bonds. The van der Waals surface area contributed by atoms with Gasteiger partial charge in [-0.1, -0.05) is 17.1 Å². The first-order valence-electron chi connectivity index (χ1n) is 5.60. The molecule has 0 spiro atoms. The van der Waals surface area contributed by atoms with Crippen molar-refractivity contribution in [3.63, 3.8) is 0 Å². The first kappa shape index (κ1) is 13.6. The third-order valence-electron chi connectivity index (χ3n) is 2.32. The fourth-order valence-electron chi connectivity index (χ4n) is 1.43. The van der Waals surface area contributed by atoms with Crippen LogP contribution in [0.4, 0.5) is 4.39 Å². The molecule has 0 aliphatic heterocycles. The number of nitrogens with one attached hydrogen (secondary N) is 2. The van der Waals surface area contributed by atoms with Gasteiger partial charge in [-0.25, -0.2) is 4.39 Å². The second kappa shape index (κ2) is 6.40. The van der Waals surface area contributed by atoms with Crippen molar-refractivity contribution >= 4 is 5.91 Å². The van der Waals surface area contributed by atoms with E-state index in [1.54, 1.807) is 0 Å². The quantitative estimate of drug-likeness (QED) is 0.662. The molecule has 2 rings (SSSR count). The SMILES string of the molecule is O=C(NCc1nn[nH]n1)c1cc(C#CCO)ccc1F. The van der Waals surface area contributed by atoms with Crippen LogP contribution < -0.4 is 5.32 Å². The van der Waals surface area contributed by atoms with E-state index >= 15 is 0 Å². The normalized spacial score (nSPS) is 9.70. The molecule has 1 aromatic carbocycles. The number of aromatic amines is 1. The van der Waals surface area contributed by atoms with Gasteiger partial charge in [0.1, 0.15) is 12.4 Å². The molecule has 0 fully saturated rings. The van der Waals surface area contributed by atoms with Crippen LogP contribution in [0.2, 0.25) is 0 Å². The maximum absolute atomic E-state index is 13.6. The standard InChI is InChI=1S/C12H10FN5O2/c13-10-4-3-8(2-1-5-19)6-9(10)12(20)14-7-11-15-17-18-16-11/h3-4,6,19H,5,7H2,(H,14,20)(H,15,16,17,18). The Kier molecular flexibility index (Phi) is 4.36. The van der Waals surface area contributed by atoms with E-state index in [4.69, 9.17) is 5.11 Å². The summed E-state index contributed by atoms with van der Waals surface area (Å²) < 4.78 is 13.6. The van der Waals surface area contributed by atoms with Gasteiger partial charge >= 0.3 is 0 Å². The molecule has 7 nitrogen and oxygen atoms in total. The Balaban J connectivity index is 2.12. The number of hydrogen-bond acceptors (Lipinski definition) is 5. The molecule has 0 atom stereocenters. The fourth-order valence-corrected chi connectivity index (χ4v) is 1.43. The number of aromatic nitrogens is 4. The van der Waals surface area contributed by atoms with Crippen molar-refractivity contribution in [2.75, 3.05) is 6.61 Å². The molecule has 2 aromatic rings. The van der Waals surface area contributed by atoms with Crippen molar-refractivity contribution in [3.05, 3.63) is 41.0 Å². The molecule has 0 saturated heterocycles. The van der Waals surface area contributed by atoms with Crippen LogP contribution in [0.25, 0.3) is 0 Å². The number of hydrogen-bond donors (Lipinski definition) is 3. The summed E-state index contributed by atoms with van der Waals surface area (Å²) in [5.74, 6) is 4.04. The lowest BCUT2D eigenvalue weighted by molar-refractivity contribution is 0.0946. The molecule has 8 heteroatoms. The minimum absolute atomic E-state index is 0.0291. The van der Waals surface area contributed by atoms with Crippen molar-refractivity contribution in [1.29, 1.82) is 0 Å². The molecule has 0 aliphatic rings. The Labute approximate surface area is 113 Å². The van der Waals surface area contributed by atoms with Crippen LogP contribution in [0, 0.1) is 17.7 Å². The van der Waals surface area contributed by atoms with Gasteiger partial charge in [-0.15, -0.1) is 10.2 Å². The topological polar surface area (TPSA) is 104 Å². The first-order valence-corrected chi connectivity index (χ1v) is 5.60. The van der Waals surface area contributed by atoms with Gasteiger partial charge in [-0.05, 0) is 18.2 Å². The van der Waals surface area contributed by atoms with E-state index in [0.29, 0.717) is 5.56 Å². The summed E-state index contributed by atoms with van der Waals surface area (Å²) >= 11 is 0. The molecular formula is C12H10FN5O2. The highest BCUT2D eigenvalue weighted by atomic mass is 19.1. The Hall–Kier alpha value is -2.79. The van der Waals surface area contributed by atoms with Crippen LogP contribution in [-0.4, -0.2) is 38.2 Å². The third-order valence-corrected chi connectivity index (χ3v) is 2.32. The van der Waals surface area contributed by atoms with Crippen LogP contribution in [-0.2, 0) is 6.54 Å². The summed E-state index contributed by atoms with van der Waals surface area (Å²) in [4.78, 5) is 11.9. The van der Waals surface area contributed by atoms with Crippen molar-refractivity contribution in [1.82, 2.24) is 25.9 Å². The van der Waals surface area contributed by atoms with Gasteiger partial charge in [0.15, 0.2) is 5.82 Å². The summed E-state index contributed by atoms with van der Waals surface area (Å²) in [6.45, 7) is -0.280. The van der Waals surface area contributed by atoms with Crippen LogP contribution in [0.3, 0.4) is 0 Å². The lowest BCUT2D eigenvalue weighted by Crippen LogP contribution is -2.24. The first-order chi connectivity index (χ1) is 9.70. The third kappa shape index (κ3) is 3.37. The predicted octanol–water partition coefficient (Wildman–Crippen LogP) is -0.387. The number of carbonyl (C=O) groups excluding carboxylic acids is 1. The number of aliphatic hydroxyl groups excluding tert-OH is 1. The van der Waals surface area contributed by atoms with E-state index in [9.17, 15) is 9.18 Å². The molecule has 0 saturated carbocycles. The largest absolute Gasteiger partial charge is 0.384 e. The van der Waals surface area contributed by atoms with Gasteiger partial charge in [-0.2, -0.15) is 5.21 Å². The number of nitrogens with zero attached hydrogens (tertiary/aromatic N) is 3. The highest BCUT2D eigenvalue weighted by Crippen LogP contribution is 2.10. The molecule has 0 bridgehead atoms. The molecule has 20 heavy (non-hydrogen) atoms. The van der Waals surface area contributed by atoms with Gasteiger partial charge in [0, 0.05) is 5.56 Å². The van der Waals surface area contributed by atoms with Gasteiger partial charge in [0.2, 0.25) is 0 Å². The number of rotatable bonds is 3. The second-order valence-corrected chi connectivity index (χ2v) is 3.67. The van der Waals surface area contributed by atoms with E-state index in [1.807, 2.05) is 0 Å². The van der Waals surface area contributed by atoms with Crippen LogP contribution in [0.15, 0.2) is 18.2 Å². The fraction of sp³-hybridized carbons (Fsp3) is 0.167. The lowest BCUT2D eigenvalue weighted by atomic mass is 10.1. The predicted molar refractivity (Wildman–Crippen MR) is 65.7 cm³/mol.